The van der Waals surface area contributed by atoms with Crippen LogP contribution in [0.2, 0.25) is 0 Å². The van der Waals surface area contributed by atoms with Gasteiger partial charge in [0, 0.05) is 20.2 Å². The van der Waals surface area contributed by atoms with Crippen molar-refractivity contribution in [2.24, 2.45) is 0 Å². The van der Waals surface area contributed by atoms with E-state index < -0.39 is 61.7 Å². The average Bonchev–Trinajstić information content (AvgIpc) is 2.53. The fraction of sp³-hybridized carbons (Fsp3) is 1.00. The molecule has 0 aliphatic carbocycles. The molecule has 0 bridgehead atoms. The van der Waals surface area contributed by atoms with Crippen molar-refractivity contribution in [1.29, 1.82) is 0 Å². The first-order valence-corrected chi connectivity index (χ1v) is 7.43. The molecule has 0 spiro atoms. The highest BCUT2D eigenvalue weighted by Gasteiger charge is 2.47. The molecule has 2 rings (SSSR count). The molecule has 23 heavy (non-hydrogen) atoms. The molecule has 0 aromatic rings. The van der Waals surface area contributed by atoms with E-state index in [1.165, 1.54) is 12.0 Å². The van der Waals surface area contributed by atoms with E-state index in [-0.39, 0.29) is 13.1 Å². The molecule has 2 saturated heterocycles. The van der Waals surface area contributed by atoms with Gasteiger partial charge >= 0.3 is 0 Å². The Morgan fingerprint density at radius 2 is 1.61 bits per heavy atom. The van der Waals surface area contributed by atoms with E-state index in [0.717, 1.165) is 0 Å². The van der Waals surface area contributed by atoms with Crippen LogP contribution in [0.5, 0.6) is 0 Å². The van der Waals surface area contributed by atoms with Crippen LogP contribution in [0.3, 0.4) is 0 Å². The summed E-state index contributed by atoms with van der Waals surface area (Å²) in [5.74, 6) is 0. The van der Waals surface area contributed by atoms with Crippen molar-refractivity contribution < 1.29 is 45.2 Å². The second kappa shape index (κ2) is 7.66. The van der Waals surface area contributed by atoms with Gasteiger partial charge in [0.15, 0.2) is 6.29 Å². The number of hydrogen-bond donors (Lipinski definition) is 7. The summed E-state index contributed by atoms with van der Waals surface area (Å²) in [4.78, 5) is 1.45. The number of likely N-dealkylation sites (tertiary alicyclic amines) is 1. The normalized spacial score (nSPS) is 49.3. The van der Waals surface area contributed by atoms with E-state index in [4.69, 9.17) is 9.47 Å². The predicted molar refractivity (Wildman–Crippen MR) is 74.2 cm³/mol. The second-order valence-corrected chi connectivity index (χ2v) is 6.00. The summed E-state index contributed by atoms with van der Waals surface area (Å²) in [6.07, 6.45) is -10.5. The molecule has 9 atom stereocenters. The summed E-state index contributed by atoms with van der Waals surface area (Å²) < 4.78 is 10.3. The SMILES string of the molecule is CO[C@H]1O[C@H](CN2C[C@H](O)C(O)C(O)[C@H]2CO)[C@@H](O)[C@H](O)[C@H]1O. The Morgan fingerprint density at radius 1 is 0.957 bits per heavy atom. The Morgan fingerprint density at radius 3 is 2.17 bits per heavy atom. The summed E-state index contributed by atoms with van der Waals surface area (Å²) >= 11 is 0. The highest BCUT2D eigenvalue weighted by Crippen LogP contribution is 2.25. The molecule has 2 unspecified atom stereocenters. The van der Waals surface area contributed by atoms with E-state index in [9.17, 15) is 35.7 Å². The first-order chi connectivity index (χ1) is 10.8. The van der Waals surface area contributed by atoms with Crippen molar-refractivity contribution in [3.05, 3.63) is 0 Å². The summed E-state index contributed by atoms with van der Waals surface area (Å²) in [6.45, 7) is -0.601. The lowest BCUT2D eigenvalue weighted by Crippen LogP contribution is -2.66. The van der Waals surface area contributed by atoms with Gasteiger partial charge in [-0.05, 0) is 0 Å². The number of aliphatic hydroxyl groups excluding tert-OH is 7. The molecular formula is C13H25NO9. The van der Waals surface area contributed by atoms with Gasteiger partial charge < -0.3 is 45.2 Å². The van der Waals surface area contributed by atoms with E-state index >= 15 is 0 Å². The zero-order chi connectivity index (χ0) is 17.3. The quantitative estimate of drug-likeness (QED) is 0.264. The molecule has 136 valence electrons. The minimum Gasteiger partial charge on any atom is -0.395 e. The Hall–Kier alpha value is -0.400. The number of piperidine rings is 1. The van der Waals surface area contributed by atoms with Crippen molar-refractivity contribution in [3.8, 4) is 0 Å². The van der Waals surface area contributed by atoms with Crippen molar-refractivity contribution >= 4 is 0 Å². The van der Waals surface area contributed by atoms with Gasteiger partial charge in [-0.3, -0.25) is 4.90 Å². The van der Waals surface area contributed by atoms with Gasteiger partial charge in [-0.2, -0.15) is 0 Å². The Balaban J connectivity index is 2.09. The third-order valence-corrected chi connectivity index (χ3v) is 4.53. The fourth-order valence-corrected chi connectivity index (χ4v) is 3.08. The third-order valence-electron chi connectivity index (χ3n) is 4.53. The summed E-state index contributed by atoms with van der Waals surface area (Å²) in [6, 6.07) is -0.866. The van der Waals surface area contributed by atoms with Crippen molar-refractivity contribution in [2.75, 3.05) is 26.8 Å². The molecule has 10 nitrogen and oxygen atoms in total. The van der Waals surface area contributed by atoms with Crippen LogP contribution in [0, 0.1) is 0 Å². The number of aliphatic hydroxyl groups is 7. The largest absolute Gasteiger partial charge is 0.395 e. The first kappa shape index (κ1) is 18.9. The highest BCUT2D eigenvalue weighted by molar-refractivity contribution is 4.97. The number of methoxy groups -OCH3 is 1. The number of nitrogens with zero attached hydrogens (tertiary/aromatic N) is 1. The molecule has 2 aliphatic rings. The number of ether oxygens (including phenoxy) is 2. The zero-order valence-corrected chi connectivity index (χ0v) is 12.7. The maximum atomic E-state index is 10.0. The number of hydrogen-bond acceptors (Lipinski definition) is 10. The molecular weight excluding hydrogens is 314 g/mol. The topological polar surface area (TPSA) is 163 Å². The van der Waals surface area contributed by atoms with E-state index in [2.05, 4.69) is 0 Å². The van der Waals surface area contributed by atoms with Crippen LogP contribution in [0.1, 0.15) is 0 Å². The molecule has 0 aromatic carbocycles. The van der Waals surface area contributed by atoms with E-state index in [0.29, 0.717) is 0 Å². The predicted octanol–water partition coefficient (Wildman–Crippen LogP) is -4.80. The molecule has 2 fully saturated rings. The lowest BCUT2D eigenvalue weighted by atomic mass is 9.92. The molecule has 0 radical (unpaired) electrons. The van der Waals surface area contributed by atoms with Gasteiger partial charge in [-0.25, -0.2) is 0 Å². The molecule has 0 aromatic heterocycles. The Bertz CT molecular complexity index is 384. The average molecular weight is 339 g/mol. The Kier molecular flexibility index (Phi) is 6.30. The lowest BCUT2D eigenvalue weighted by Gasteiger charge is -2.46. The molecule has 2 aliphatic heterocycles. The van der Waals surface area contributed by atoms with Crippen LogP contribution in [-0.4, -0.2) is 123 Å². The first-order valence-electron chi connectivity index (χ1n) is 7.43. The number of β-amino-alcohol motifs (C(OH)–C–C–N with tert-alkyl or cyclic N) is 1. The van der Waals surface area contributed by atoms with Crippen LogP contribution in [0.15, 0.2) is 0 Å². The van der Waals surface area contributed by atoms with Crippen molar-refractivity contribution in [2.45, 2.75) is 55.1 Å². The standard InChI is InChI=1S/C13H25NO9/c1-22-13-12(21)11(20)10(19)7(23-13)3-14-2-6(16)9(18)8(17)5(14)4-15/h5-13,15-21H,2-4H2,1H3/t5-,6+,7-,8?,9?,10-,11+,12-,13+/m1/s1. The monoisotopic (exact) mass is 339 g/mol. The summed E-state index contributed by atoms with van der Waals surface area (Å²) in [5, 5.41) is 68.4. The van der Waals surface area contributed by atoms with Crippen LogP contribution >= 0.6 is 0 Å². The molecule has 10 heteroatoms. The molecule has 0 saturated carbocycles. The van der Waals surface area contributed by atoms with E-state index in [1.54, 1.807) is 0 Å². The number of rotatable bonds is 4. The van der Waals surface area contributed by atoms with Crippen LogP contribution in [0.4, 0.5) is 0 Å². The lowest BCUT2D eigenvalue weighted by molar-refractivity contribution is -0.294. The van der Waals surface area contributed by atoms with Crippen LogP contribution in [0.25, 0.3) is 0 Å². The van der Waals surface area contributed by atoms with Gasteiger partial charge in [0.1, 0.15) is 36.6 Å². The fourth-order valence-electron chi connectivity index (χ4n) is 3.08. The van der Waals surface area contributed by atoms with Gasteiger partial charge in [0.25, 0.3) is 0 Å². The smallest absolute Gasteiger partial charge is 0.186 e. The van der Waals surface area contributed by atoms with Gasteiger partial charge in [0.05, 0.1) is 18.8 Å². The molecule has 7 N–H and O–H groups in total. The van der Waals surface area contributed by atoms with Crippen molar-refractivity contribution in [1.82, 2.24) is 4.90 Å². The third kappa shape index (κ3) is 3.66. The summed E-state index contributed by atoms with van der Waals surface area (Å²) in [5.41, 5.74) is 0. The van der Waals surface area contributed by atoms with Gasteiger partial charge in [0.2, 0.25) is 0 Å². The maximum Gasteiger partial charge on any atom is 0.186 e. The van der Waals surface area contributed by atoms with Crippen molar-refractivity contribution in [3.63, 3.8) is 0 Å². The Labute approximate surface area is 133 Å². The molecule has 2 heterocycles. The highest BCUT2D eigenvalue weighted by atomic mass is 16.7. The van der Waals surface area contributed by atoms with E-state index in [1.807, 2.05) is 0 Å². The molecule has 0 amide bonds. The second-order valence-electron chi connectivity index (χ2n) is 6.00. The van der Waals surface area contributed by atoms with Crippen LogP contribution in [-0.2, 0) is 9.47 Å². The summed E-state index contributed by atoms with van der Waals surface area (Å²) in [7, 11) is 1.27. The van der Waals surface area contributed by atoms with Gasteiger partial charge in [-0.1, -0.05) is 0 Å². The maximum absolute atomic E-state index is 10.0. The minimum atomic E-state index is -1.49. The minimum absolute atomic E-state index is 0.0587. The van der Waals surface area contributed by atoms with Gasteiger partial charge in [-0.15, -0.1) is 0 Å². The zero-order valence-electron chi connectivity index (χ0n) is 12.7. The van der Waals surface area contributed by atoms with Crippen LogP contribution < -0.4 is 0 Å².